The minimum atomic E-state index is -1.01. The lowest BCUT2D eigenvalue weighted by molar-refractivity contribution is -0.150. The highest BCUT2D eigenvalue weighted by molar-refractivity contribution is 5.94. The summed E-state index contributed by atoms with van der Waals surface area (Å²) in [6.07, 6.45) is 0.334. The summed E-state index contributed by atoms with van der Waals surface area (Å²) in [7, 11) is 0. The van der Waals surface area contributed by atoms with Gasteiger partial charge in [0.15, 0.2) is 6.10 Å². The van der Waals surface area contributed by atoms with Gasteiger partial charge in [-0.1, -0.05) is 26.0 Å². The summed E-state index contributed by atoms with van der Waals surface area (Å²) >= 11 is 0. The molecule has 5 nitrogen and oxygen atoms in total. The quantitative estimate of drug-likeness (QED) is 0.874. The van der Waals surface area contributed by atoms with Crippen LogP contribution in [0.15, 0.2) is 24.3 Å². The van der Waals surface area contributed by atoms with E-state index in [0.717, 1.165) is 6.42 Å². The van der Waals surface area contributed by atoms with Crippen molar-refractivity contribution in [2.75, 3.05) is 5.32 Å². The van der Waals surface area contributed by atoms with E-state index in [9.17, 15) is 9.59 Å². The molecule has 0 spiro atoms. The van der Waals surface area contributed by atoms with Crippen LogP contribution in [0.2, 0.25) is 0 Å². The van der Waals surface area contributed by atoms with Crippen molar-refractivity contribution in [1.82, 2.24) is 0 Å². The van der Waals surface area contributed by atoms with Crippen molar-refractivity contribution in [2.24, 2.45) is 0 Å². The number of amides is 1. The highest BCUT2D eigenvalue weighted by Crippen LogP contribution is 2.23. The van der Waals surface area contributed by atoms with Gasteiger partial charge in [-0.2, -0.15) is 0 Å². The Morgan fingerprint density at radius 2 is 1.90 bits per heavy atom. The topological polar surface area (TPSA) is 75.6 Å². The Kier molecular flexibility index (Phi) is 4.96. The van der Waals surface area contributed by atoms with Crippen LogP contribution in [0.4, 0.5) is 5.69 Å². The maximum Gasteiger partial charge on any atom is 0.332 e. The summed E-state index contributed by atoms with van der Waals surface area (Å²) in [6, 6.07) is 7.73. The number of aliphatic carboxylic acids is 1. The summed E-state index contributed by atoms with van der Waals surface area (Å²) in [5.74, 6) is -0.803. The number of carbonyl (C=O) groups is 2. The van der Waals surface area contributed by atoms with Crippen molar-refractivity contribution in [3.63, 3.8) is 0 Å². The number of carboxylic acids is 1. The Morgan fingerprint density at radius 3 is 2.43 bits per heavy atom. The van der Waals surface area contributed by atoms with Gasteiger partial charge in [0.1, 0.15) is 6.10 Å². The molecule has 1 aromatic rings. The highest BCUT2D eigenvalue weighted by Gasteiger charge is 2.34. The molecule has 2 N–H and O–H groups in total. The number of hydrogen-bond acceptors (Lipinski definition) is 3. The molecule has 0 aliphatic carbocycles. The molecule has 3 atom stereocenters. The standard InChI is InChI=1S/C16H21NO4/c1-3-10(2)11-4-6-12(7-5-11)17-15(18)13-8-9-14(21-13)16(19)20/h4-7,10,13-14H,3,8-9H2,1-2H3,(H,17,18)(H,19,20)/t10?,13-,14+/m0/s1. The Balaban J connectivity index is 1.93. The Hall–Kier alpha value is -1.88. The van der Waals surface area contributed by atoms with E-state index < -0.39 is 18.2 Å². The molecule has 1 aliphatic heterocycles. The van der Waals surface area contributed by atoms with Crippen molar-refractivity contribution >= 4 is 17.6 Å². The zero-order valence-electron chi connectivity index (χ0n) is 12.3. The van der Waals surface area contributed by atoms with Crippen LogP contribution >= 0.6 is 0 Å². The van der Waals surface area contributed by atoms with E-state index in [1.807, 2.05) is 24.3 Å². The minimum absolute atomic E-state index is 0.282. The maximum atomic E-state index is 12.0. The van der Waals surface area contributed by atoms with Gasteiger partial charge >= 0.3 is 5.97 Å². The zero-order chi connectivity index (χ0) is 15.4. The van der Waals surface area contributed by atoms with Crippen LogP contribution in [0.25, 0.3) is 0 Å². The van der Waals surface area contributed by atoms with Crippen LogP contribution < -0.4 is 5.32 Å². The number of nitrogens with one attached hydrogen (secondary N) is 1. The van der Waals surface area contributed by atoms with Crippen molar-refractivity contribution in [2.45, 2.75) is 51.2 Å². The summed E-state index contributed by atoms with van der Waals surface area (Å²) in [6.45, 7) is 4.29. The summed E-state index contributed by atoms with van der Waals surface area (Å²) < 4.78 is 5.22. The average Bonchev–Trinajstić information content (AvgIpc) is 2.97. The second kappa shape index (κ2) is 6.72. The Labute approximate surface area is 124 Å². The molecule has 0 aromatic heterocycles. The lowest BCUT2D eigenvalue weighted by Crippen LogP contribution is -2.29. The van der Waals surface area contributed by atoms with Crippen LogP contribution in [0.3, 0.4) is 0 Å². The van der Waals surface area contributed by atoms with Gasteiger partial charge in [0.25, 0.3) is 5.91 Å². The molecule has 0 saturated carbocycles. The first-order chi connectivity index (χ1) is 10.0. The first-order valence-electron chi connectivity index (χ1n) is 7.30. The predicted octanol–water partition coefficient (Wildman–Crippen LogP) is 2.77. The van der Waals surface area contributed by atoms with Crippen LogP contribution in [-0.2, 0) is 14.3 Å². The molecule has 1 saturated heterocycles. The molecular formula is C16H21NO4. The lowest BCUT2D eigenvalue weighted by Gasteiger charge is -2.13. The SMILES string of the molecule is CCC(C)c1ccc(NC(=O)[C@@H]2CC[C@H](C(=O)O)O2)cc1. The number of carboxylic acid groups (broad SMARTS) is 1. The largest absolute Gasteiger partial charge is 0.479 e. The van der Waals surface area contributed by atoms with Crippen molar-refractivity contribution < 1.29 is 19.4 Å². The zero-order valence-corrected chi connectivity index (χ0v) is 12.3. The molecule has 1 fully saturated rings. The number of hydrogen-bond donors (Lipinski definition) is 2. The van der Waals surface area contributed by atoms with Gasteiger partial charge in [0.2, 0.25) is 0 Å². The smallest absolute Gasteiger partial charge is 0.332 e. The van der Waals surface area contributed by atoms with E-state index in [0.29, 0.717) is 24.4 Å². The molecule has 2 rings (SSSR count). The number of ether oxygens (including phenoxy) is 1. The molecule has 5 heteroatoms. The first-order valence-corrected chi connectivity index (χ1v) is 7.30. The Morgan fingerprint density at radius 1 is 1.29 bits per heavy atom. The van der Waals surface area contributed by atoms with Crippen LogP contribution in [0.5, 0.6) is 0 Å². The van der Waals surface area contributed by atoms with Gasteiger partial charge < -0.3 is 15.2 Å². The summed E-state index contributed by atoms with van der Waals surface area (Å²) in [5.41, 5.74) is 1.94. The van der Waals surface area contributed by atoms with E-state index in [1.165, 1.54) is 5.56 Å². The van der Waals surface area contributed by atoms with Crippen molar-refractivity contribution in [3.05, 3.63) is 29.8 Å². The van der Waals surface area contributed by atoms with Gasteiger partial charge in [-0.05, 0) is 42.9 Å². The third kappa shape index (κ3) is 3.82. The highest BCUT2D eigenvalue weighted by atomic mass is 16.5. The predicted molar refractivity (Wildman–Crippen MR) is 79.3 cm³/mol. The second-order valence-corrected chi connectivity index (χ2v) is 5.45. The molecule has 1 heterocycles. The van der Waals surface area contributed by atoms with Crippen LogP contribution in [-0.4, -0.2) is 29.2 Å². The fraction of sp³-hybridized carbons (Fsp3) is 0.500. The number of rotatable bonds is 5. The molecule has 114 valence electrons. The molecule has 21 heavy (non-hydrogen) atoms. The lowest BCUT2D eigenvalue weighted by atomic mass is 9.98. The molecule has 1 aromatic carbocycles. The minimum Gasteiger partial charge on any atom is -0.479 e. The van der Waals surface area contributed by atoms with E-state index in [-0.39, 0.29) is 5.91 Å². The second-order valence-electron chi connectivity index (χ2n) is 5.45. The monoisotopic (exact) mass is 291 g/mol. The van der Waals surface area contributed by atoms with Gasteiger partial charge in [-0.15, -0.1) is 0 Å². The molecule has 0 bridgehead atoms. The third-order valence-electron chi connectivity index (χ3n) is 3.95. The van der Waals surface area contributed by atoms with Crippen molar-refractivity contribution in [1.29, 1.82) is 0 Å². The van der Waals surface area contributed by atoms with Crippen molar-refractivity contribution in [3.8, 4) is 0 Å². The van der Waals surface area contributed by atoms with Gasteiger partial charge in [0, 0.05) is 5.69 Å². The summed E-state index contributed by atoms with van der Waals surface area (Å²) in [5, 5.41) is 11.6. The van der Waals surface area contributed by atoms with E-state index >= 15 is 0 Å². The normalized spacial score (nSPS) is 22.8. The third-order valence-corrected chi connectivity index (χ3v) is 3.95. The van der Waals surface area contributed by atoms with Crippen LogP contribution in [0, 0.1) is 0 Å². The maximum absolute atomic E-state index is 12.0. The average molecular weight is 291 g/mol. The van der Waals surface area contributed by atoms with E-state index in [4.69, 9.17) is 9.84 Å². The van der Waals surface area contributed by atoms with E-state index in [1.54, 1.807) is 0 Å². The van der Waals surface area contributed by atoms with E-state index in [2.05, 4.69) is 19.2 Å². The number of anilines is 1. The molecule has 1 unspecified atom stereocenters. The van der Waals surface area contributed by atoms with Gasteiger partial charge in [-0.3, -0.25) is 4.79 Å². The number of benzene rings is 1. The fourth-order valence-corrected chi connectivity index (χ4v) is 2.37. The number of carbonyl (C=O) groups excluding carboxylic acids is 1. The van der Waals surface area contributed by atoms with Crippen LogP contribution in [0.1, 0.15) is 44.6 Å². The molecular weight excluding hydrogens is 270 g/mol. The summed E-state index contributed by atoms with van der Waals surface area (Å²) in [4.78, 5) is 22.8. The molecule has 1 aliphatic rings. The molecule has 1 amide bonds. The first kappa shape index (κ1) is 15.5. The van der Waals surface area contributed by atoms with Gasteiger partial charge in [-0.25, -0.2) is 4.79 Å². The Bertz CT molecular complexity index is 512. The fourth-order valence-electron chi connectivity index (χ4n) is 2.37. The molecule has 0 radical (unpaired) electrons. The van der Waals surface area contributed by atoms with Gasteiger partial charge in [0.05, 0.1) is 0 Å².